The van der Waals surface area contributed by atoms with E-state index in [-0.39, 0.29) is 18.2 Å². The molecule has 3 rings (SSSR count). The largest absolute Gasteiger partial charge is 0.490 e. The van der Waals surface area contributed by atoms with E-state index in [0.29, 0.717) is 23.7 Å². The fourth-order valence-corrected chi connectivity index (χ4v) is 2.92. The SMILES string of the molecule is CCOc1cc(/C=N/NC(=O)c2ccccc2C)ccc1OCc1ccc([N+](=O)[O-])cc1. The maximum Gasteiger partial charge on any atom is 0.271 e. The summed E-state index contributed by atoms with van der Waals surface area (Å²) >= 11 is 0. The average molecular weight is 433 g/mol. The summed E-state index contributed by atoms with van der Waals surface area (Å²) in [6.07, 6.45) is 1.53. The van der Waals surface area contributed by atoms with E-state index in [4.69, 9.17) is 9.47 Å². The highest BCUT2D eigenvalue weighted by Crippen LogP contribution is 2.29. The fraction of sp³-hybridized carbons (Fsp3) is 0.167. The lowest BCUT2D eigenvalue weighted by Crippen LogP contribution is -2.18. The summed E-state index contributed by atoms with van der Waals surface area (Å²) in [6, 6.07) is 18.8. The summed E-state index contributed by atoms with van der Waals surface area (Å²) in [5.74, 6) is 0.780. The first-order valence-corrected chi connectivity index (χ1v) is 10.00. The third-order valence-corrected chi connectivity index (χ3v) is 4.58. The molecule has 0 aliphatic heterocycles. The Morgan fingerprint density at radius 2 is 1.81 bits per heavy atom. The van der Waals surface area contributed by atoms with E-state index in [0.717, 1.165) is 16.7 Å². The lowest BCUT2D eigenvalue weighted by Gasteiger charge is -2.12. The molecular weight excluding hydrogens is 410 g/mol. The van der Waals surface area contributed by atoms with Crippen LogP contribution in [0, 0.1) is 17.0 Å². The second kappa shape index (κ2) is 10.7. The molecule has 3 aromatic carbocycles. The zero-order valence-electron chi connectivity index (χ0n) is 17.8. The first kappa shape index (κ1) is 22.5. The fourth-order valence-electron chi connectivity index (χ4n) is 2.92. The summed E-state index contributed by atoms with van der Waals surface area (Å²) in [5.41, 5.74) is 5.50. The summed E-state index contributed by atoms with van der Waals surface area (Å²) in [7, 11) is 0. The topological polar surface area (TPSA) is 103 Å². The van der Waals surface area contributed by atoms with Crippen LogP contribution in [0.15, 0.2) is 71.8 Å². The van der Waals surface area contributed by atoms with Gasteiger partial charge in [0.05, 0.1) is 17.7 Å². The number of amides is 1. The number of hydrogen-bond acceptors (Lipinski definition) is 6. The number of hydrazone groups is 1. The molecule has 8 nitrogen and oxygen atoms in total. The van der Waals surface area contributed by atoms with Gasteiger partial charge in [0.25, 0.3) is 11.6 Å². The number of aryl methyl sites for hydroxylation is 1. The van der Waals surface area contributed by atoms with Crippen LogP contribution < -0.4 is 14.9 Å². The van der Waals surface area contributed by atoms with E-state index in [2.05, 4.69) is 10.5 Å². The van der Waals surface area contributed by atoms with Crippen molar-refractivity contribution in [2.24, 2.45) is 5.10 Å². The van der Waals surface area contributed by atoms with E-state index in [9.17, 15) is 14.9 Å². The minimum atomic E-state index is -0.443. The molecule has 0 saturated heterocycles. The molecule has 0 unspecified atom stereocenters. The van der Waals surface area contributed by atoms with E-state index >= 15 is 0 Å². The molecule has 0 heterocycles. The predicted molar refractivity (Wildman–Crippen MR) is 121 cm³/mol. The Morgan fingerprint density at radius 3 is 2.50 bits per heavy atom. The van der Waals surface area contributed by atoms with Gasteiger partial charge in [0.15, 0.2) is 11.5 Å². The molecule has 0 aliphatic rings. The van der Waals surface area contributed by atoms with Gasteiger partial charge in [-0.3, -0.25) is 14.9 Å². The van der Waals surface area contributed by atoms with Gasteiger partial charge < -0.3 is 9.47 Å². The van der Waals surface area contributed by atoms with Crippen molar-refractivity contribution in [1.82, 2.24) is 5.43 Å². The van der Waals surface area contributed by atoms with Crippen molar-refractivity contribution in [3.8, 4) is 11.5 Å². The number of nitrogens with one attached hydrogen (secondary N) is 1. The van der Waals surface area contributed by atoms with Crippen LogP contribution in [0.2, 0.25) is 0 Å². The molecule has 3 aromatic rings. The van der Waals surface area contributed by atoms with Crippen molar-refractivity contribution in [3.63, 3.8) is 0 Å². The Labute approximate surface area is 185 Å². The number of ether oxygens (including phenoxy) is 2. The molecule has 0 fully saturated rings. The Morgan fingerprint density at radius 1 is 1.06 bits per heavy atom. The Hall–Kier alpha value is -4.20. The van der Waals surface area contributed by atoms with Crippen LogP contribution in [0.25, 0.3) is 0 Å². The first-order chi connectivity index (χ1) is 15.5. The highest BCUT2D eigenvalue weighted by molar-refractivity contribution is 5.96. The lowest BCUT2D eigenvalue weighted by molar-refractivity contribution is -0.384. The third kappa shape index (κ3) is 5.91. The van der Waals surface area contributed by atoms with E-state index in [1.54, 1.807) is 42.5 Å². The van der Waals surface area contributed by atoms with Crippen molar-refractivity contribution in [2.45, 2.75) is 20.5 Å². The average Bonchev–Trinajstić information content (AvgIpc) is 2.79. The highest BCUT2D eigenvalue weighted by Gasteiger charge is 2.09. The Balaban J connectivity index is 1.65. The number of nitro groups is 1. The molecule has 0 spiro atoms. The number of carbonyl (C=O) groups is 1. The molecule has 0 aromatic heterocycles. The number of rotatable bonds is 9. The molecule has 0 atom stereocenters. The zero-order valence-corrected chi connectivity index (χ0v) is 17.8. The van der Waals surface area contributed by atoms with Crippen LogP contribution in [-0.4, -0.2) is 23.7 Å². The van der Waals surface area contributed by atoms with Crippen molar-refractivity contribution in [2.75, 3.05) is 6.61 Å². The quantitative estimate of drug-likeness (QED) is 0.301. The van der Waals surface area contributed by atoms with Crippen molar-refractivity contribution in [3.05, 3.63) is 99.1 Å². The van der Waals surface area contributed by atoms with Gasteiger partial charge in [-0.1, -0.05) is 18.2 Å². The smallest absolute Gasteiger partial charge is 0.271 e. The normalized spacial score (nSPS) is 10.7. The van der Waals surface area contributed by atoms with E-state index < -0.39 is 4.92 Å². The second-order valence-corrected chi connectivity index (χ2v) is 6.87. The summed E-state index contributed by atoms with van der Waals surface area (Å²) in [5, 5.41) is 14.8. The Bertz CT molecular complexity index is 1130. The van der Waals surface area contributed by atoms with Crippen LogP contribution in [0.3, 0.4) is 0 Å². The molecular formula is C24H23N3O5. The standard InChI is InChI=1S/C24H23N3O5/c1-3-31-23-14-19(15-25-26-24(28)21-7-5-4-6-17(21)2)10-13-22(23)32-16-18-8-11-20(12-9-18)27(29)30/h4-15H,3,16H2,1-2H3,(H,26,28)/b25-15+. The molecule has 32 heavy (non-hydrogen) atoms. The summed E-state index contributed by atoms with van der Waals surface area (Å²) < 4.78 is 11.5. The van der Waals surface area contributed by atoms with Gasteiger partial charge in [0.2, 0.25) is 0 Å². The maximum atomic E-state index is 12.3. The van der Waals surface area contributed by atoms with E-state index in [1.807, 2.05) is 26.0 Å². The van der Waals surface area contributed by atoms with Crippen LogP contribution in [0.4, 0.5) is 5.69 Å². The monoisotopic (exact) mass is 433 g/mol. The van der Waals surface area contributed by atoms with Crippen LogP contribution in [0.1, 0.15) is 34.0 Å². The predicted octanol–water partition coefficient (Wildman–Crippen LogP) is 4.64. The van der Waals surface area contributed by atoms with Crippen molar-refractivity contribution >= 4 is 17.8 Å². The van der Waals surface area contributed by atoms with Crippen molar-refractivity contribution in [1.29, 1.82) is 0 Å². The molecule has 8 heteroatoms. The van der Waals surface area contributed by atoms with E-state index in [1.165, 1.54) is 18.3 Å². The van der Waals surface area contributed by atoms with Gasteiger partial charge >= 0.3 is 0 Å². The molecule has 0 saturated carbocycles. The molecule has 164 valence electrons. The third-order valence-electron chi connectivity index (χ3n) is 4.58. The number of nitrogens with zero attached hydrogens (tertiary/aromatic N) is 2. The zero-order chi connectivity index (χ0) is 22.9. The maximum absolute atomic E-state index is 12.3. The van der Waals surface area contributed by atoms with Gasteiger partial charge in [0, 0.05) is 17.7 Å². The van der Waals surface area contributed by atoms with Crippen LogP contribution in [-0.2, 0) is 6.61 Å². The minimum absolute atomic E-state index is 0.0295. The molecule has 1 amide bonds. The molecule has 0 aliphatic carbocycles. The highest BCUT2D eigenvalue weighted by atomic mass is 16.6. The summed E-state index contributed by atoms with van der Waals surface area (Å²) in [4.78, 5) is 22.6. The first-order valence-electron chi connectivity index (χ1n) is 10.00. The molecule has 0 bridgehead atoms. The van der Waals surface area contributed by atoms with Crippen LogP contribution >= 0.6 is 0 Å². The van der Waals surface area contributed by atoms with Gasteiger partial charge in [-0.15, -0.1) is 0 Å². The number of benzene rings is 3. The van der Waals surface area contributed by atoms with Gasteiger partial charge in [-0.05, 0) is 66.9 Å². The summed E-state index contributed by atoms with van der Waals surface area (Å²) in [6.45, 7) is 4.40. The van der Waals surface area contributed by atoms with Gasteiger partial charge in [0.1, 0.15) is 6.61 Å². The lowest BCUT2D eigenvalue weighted by atomic mass is 10.1. The minimum Gasteiger partial charge on any atom is -0.490 e. The van der Waals surface area contributed by atoms with Gasteiger partial charge in [-0.2, -0.15) is 5.10 Å². The number of nitro benzene ring substituents is 1. The molecule has 0 radical (unpaired) electrons. The van der Waals surface area contributed by atoms with Crippen LogP contribution in [0.5, 0.6) is 11.5 Å². The Kier molecular flexibility index (Phi) is 7.53. The number of non-ortho nitro benzene ring substituents is 1. The van der Waals surface area contributed by atoms with Gasteiger partial charge in [-0.25, -0.2) is 5.43 Å². The second-order valence-electron chi connectivity index (χ2n) is 6.87. The number of hydrogen-bond donors (Lipinski definition) is 1. The molecule has 1 N–H and O–H groups in total. The van der Waals surface area contributed by atoms with Crippen molar-refractivity contribution < 1.29 is 19.2 Å². The number of carbonyl (C=O) groups excluding carboxylic acids is 1.